The summed E-state index contributed by atoms with van der Waals surface area (Å²) < 4.78 is 15.9. The van der Waals surface area contributed by atoms with E-state index in [9.17, 15) is 9.59 Å². The van der Waals surface area contributed by atoms with Gasteiger partial charge in [0, 0.05) is 6.08 Å². The fraction of sp³-hybridized carbons (Fsp3) is 0.238. The molecule has 136 valence electrons. The second-order valence-corrected chi connectivity index (χ2v) is 5.61. The number of rotatable bonds is 9. The van der Waals surface area contributed by atoms with Gasteiger partial charge in [-0.25, -0.2) is 9.59 Å². The Balaban J connectivity index is 1.75. The molecule has 0 spiro atoms. The normalized spacial score (nSPS) is 10.0. The summed E-state index contributed by atoms with van der Waals surface area (Å²) in [4.78, 5) is 23.1. The number of para-hydroxylation sites is 1. The number of benzene rings is 2. The van der Waals surface area contributed by atoms with Crippen LogP contribution in [0.4, 0.5) is 0 Å². The Morgan fingerprint density at radius 1 is 1.00 bits per heavy atom. The Morgan fingerprint density at radius 2 is 1.69 bits per heavy atom. The van der Waals surface area contributed by atoms with Crippen molar-refractivity contribution in [3.05, 3.63) is 72.3 Å². The van der Waals surface area contributed by atoms with E-state index in [1.54, 1.807) is 30.3 Å². The van der Waals surface area contributed by atoms with Crippen LogP contribution in [-0.4, -0.2) is 25.2 Å². The summed E-state index contributed by atoms with van der Waals surface area (Å²) in [5, 5.41) is 0. The van der Waals surface area contributed by atoms with Crippen LogP contribution >= 0.6 is 0 Å². The second kappa shape index (κ2) is 10.0. The average Bonchev–Trinajstić information content (AvgIpc) is 2.66. The maximum Gasteiger partial charge on any atom is 0.343 e. The molecule has 0 atom stereocenters. The predicted molar refractivity (Wildman–Crippen MR) is 98.5 cm³/mol. The van der Waals surface area contributed by atoms with Gasteiger partial charge in [0.1, 0.15) is 11.5 Å². The van der Waals surface area contributed by atoms with Gasteiger partial charge in [0.2, 0.25) is 0 Å². The summed E-state index contributed by atoms with van der Waals surface area (Å²) in [5.41, 5.74) is 1.36. The minimum Gasteiger partial charge on any atom is -0.494 e. The van der Waals surface area contributed by atoms with Crippen LogP contribution < -0.4 is 9.47 Å². The molecule has 2 aromatic carbocycles. The number of aryl methyl sites for hydroxylation is 1. The van der Waals surface area contributed by atoms with Crippen molar-refractivity contribution in [3.63, 3.8) is 0 Å². The number of esters is 2. The van der Waals surface area contributed by atoms with Crippen molar-refractivity contribution in [1.82, 2.24) is 0 Å². The van der Waals surface area contributed by atoms with E-state index in [0.717, 1.165) is 18.1 Å². The highest BCUT2D eigenvalue weighted by Gasteiger charge is 2.10. The third kappa shape index (κ3) is 6.09. The van der Waals surface area contributed by atoms with Crippen LogP contribution in [0.25, 0.3) is 0 Å². The highest BCUT2D eigenvalue weighted by atomic mass is 16.5. The van der Waals surface area contributed by atoms with Crippen LogP contribution in [-0.2, 0) is 9.53 Å². The maximum atomic E-state index is 12.2. The van der Waals surface area contributed by atoms with Crippen molar-refractivity contribution in [2.45, 2.75) is 19.8 Å². The molecule has 0 fully saturated rings. The highest BCUT2D eigenvalue weighted by molar-refractivity contribution is 5.91. The Bertz CT molecular complexity index is 749. The Kier molecular flexibility index (Phi) is 7.43. The number of unbranched alkanes of at least 4 members (excludes halogenated alkanes) is 1. The van der Waals surface area contributed by atoms with E-state index in [4.69, 9.17) is 14.2 Å². The zero-order chi connectivity index (χ0) is 18.8. The van der Waals surface area contributed by atoms with Gasteiger partial charge < -0.3 is 14.2 Å². The fourth-order valence-corrected chi connectivity index (χ4v) is 2.14. The fourth-order valence-electron chi connectivity index (χ4n) is 2.14. The van der Waals surface area contributed by atoms with E-state index in [-0.39, 0.29) is 0 Å². The Labute approximate surface area is 153 Å². The lowest BCUT2D eigenvalue weighted by Crippen LogP contribution is -2.09. The van der Waals surface area contributed by atoms with Crippen molar-refractivity contribution in [2.75, 3.05) is 13.2 Å². The van der Waals surface area contributed by atoms with E-state index in [2.05, 4.69) is 6.58 Å². The molecule has 0 saturated heterocycles. The zero-order valence-corrected chi connectivity index (χ0v) is 14.8. The standard InChI is InChI=1S/C21H22O5/c1-3-20(22)25-15-7-6-14-24-18-12-10-17(11-13-18)21(23)26-19-9-5-4-8-16(19)2/h3-5,8-13H,1,6-7,14-15H2,2H3. The molecular weight excluding hydrogens is 332 g/mol. The van der Waals surface area contributed by atoms with Crippen molar-refractivity contribution >= 4 is 11.9 Å². The number of hydrogen-bond donors (Lipinski definition) is 0. The summed E-state index contributed by atoms with van der Waals surface area (Å²) >= 11 is 0. The van der Waals surface area contributed by atoms with Crippen LogP contribution in [0, 0.1) is 6.92 Å². The summed E-state index contributed by atoms with van der Waals surface area (Å²) in [7, 11) is 0. The van der Waals surface area contributed by atoms with Crippen LogP contribution in [0.15, 0.2) is 61.2 Å². The monoisotopic (exact) mass is 354 g/mol. The third-order valence-corrected chi connectivity index (χ3v) is 3.60. The van der Waals surface area contributed by atoms with E-state index in [1.165, 1.54) is 0 Å². The van der Waals surface area contributed by atoms with E-state index >= 15 is 0 Å². The zero-order valence-electron chi connectivity index (χ0n) is 14.8. The molecule has 0 aliphatic rings. The van der Waals surface area contributed by atoms with E-state index in [0.29, 0.717) is 36.7 Å². The molecule has 0 aromatic heterocycles. The van der Waals surface area contributed by atoms with Gasteiger partial charge in [0.25, 0.3) is 0 Å². The Hall–Kier alpha value is -3.08. The first-order valence-electron chi connectivity index (χ1n) is 8.40. The molecular formula is C21H22O5. The first-order valence-corrected chi connectivity index (χ1v) is 8.40. The van der Waals surface area contributed by atoms with Crippen molar-refractivity contribution < 1.29 is 23.8 Å². The Morgan fingerprint density at radius 3 is 2.38 bits per heavy atom. The first kappa shape index (κ1) is 19.2. The van der Waals surface area contributed by atoms with Gasteiger partial charge in [-0.1, -0.05) is 24.8 Å². The van der Waals surface area contributed by atoms with E-state index in [1.807, 2.05) is 25.1 Å². The lowest BCUT2D eigenvalue weighted by atomic mass is 10.2. The first-order chi connectivity index (χ1) is 12.6. The quantitative estimate of drug-likeness (QED) is 0.294. The number of carbonyl (C=O) groups excluding carboxylic acids is 2. The van der Waals surface area contributed by atoms with Gasteiger partial charge in [-0.15, -0.1) is 0 Å². The maximum absolute atomic E-state index is 12.2. The average molecular weight is 354 g/mol. The van der Waals surface area contributed by atoms with Crippen molar-refractivity contribution in [3.8, 4) is 11.5 Å². The summed E-state index contributed by atoms with van der Waals surface area (Å²) in [6.45, 7) is 6.06. The van der Waals surface area contributed by atoms with Gasteiger partial charge in [-0.05, 0) is 55.7 Å². The molecule has 0 radical (unpaired) electrons. The molecule has 0 unspecified atom stereocenters. The molecule has 0 saturated carbocycles. The molecule has 26 heavy (non-hydrogen) atoms. The number of ether oxygens (including phenoxy) is 3. The molecule has 5 heteroatoms. The van der Waals surface area contributed by atoms with Crippen molar-refractivity contribution in [1.29, 1.82) is 0 Å². The van der Waals surface area contributed by atoms with E-state index < -0.39 is 11.9 Å². The van der Waals surface area contributed by atoms with Gasteiger partial charge in [-0.2, -0.15) is 0 Å². The summed E-state index contributed by atoms with van der Waals surface area (Å²) in [5.74, 6) is 0.393. The van der Waals surface area contributed by atoms with Crippen LogP contribution in [0.3, 0.4) is 0 Å². The highest BCUT2D eigenvalue weighted by Crippen LogP contribution is 2.19. The number of hydrogen-bond acceptors (Lipinski definition) is 5. The van der Waals surface area contributed by atoms with Crippen LogP contribution in [0.5, 0.6) is 11.5 Å². The molecule has 2 aromatic rings. The second-order valence-electron chi connectivity index (χ2n) is 5.61. The topological polar surface area (TPSA) is 61.8 Å². The van der Waals surface area contributed by atoms with Gasteiger partial charge in [0.15, 0.2) is 0 Å². The van der Waals surface area contributed by atoms with Crippen LogP contribution in [0.2, 0.25) is 0 Å². The van der Waals surface area contributed by atoms with Crippen molar-refractivity contribution in [2.24, 2.45) is 0 Å². The lowest BCUT2D eigenvalue weighted by Gasteiger charge is -2.09. The third-order valence-electron chi connectivity index (χ3n) is 3.60. The van der Waals surface area contributed by atoms with Crippen LogP contribution in [0.1, 0.15) is 28.8 Å². The number of carbonyl (C=O) groups is 2. The molecule has 2 rings (SSSR count). The predicted octanol–water partition coefficient (Wildman–Crippen LogP) is 4.10. The van der Waals surface area contributed by atoms with Gasteiger partial charge in [0.05, 0.1) is 18.8 Å². The molecule has 5 nitrogen and oxygen atoms in total. The molecule has 0 bridgehead atoms. The summed E-state index contributed by atoms with van der Waals surface area (Å²) in [6, 6.07) is 14.2. The largest absolute Gasteiger partial charge is 0.494 e. The molecule has 0 aliphatic carbocycles. The molecule has 0 heterocycles. The van der Waals surface area contributed by atoms with Gasteiger partial charge in [-0.3, -0.25) is 0 Å². The van der Waals surface area contributed by atoms with Gasteiger partial charge >= 0.3 is 11.9 Å². The lowest BCUT2D eigenvalue weighted by molar-refractivity contribution is -0.137. The molecule has 0 aliphatic heterocycles. The minimum atomic E-state index is -0.418. The molecule has 0 N–H and O–H groups in total. The SMILES string of the molecule is C=CC(=O)OCCCCOc1ccc(C(=O)Oc2ccccc2C)cc1. The summed E-state index contributed by atoms with van der Waals surface area (Å²) in [6.07, 6.45) is 2.60. The molecule has 0 amide bonds. The smallest absolute Gasteiger partial charge is 0.343 e. The minimum absolute atomic E-state index is 0.345.